The molecule has 1 heterocycles. The maximum Gasteiger partial charge on any atom is 0.234 e. The molecule has 0 saturated carbocycles. The van der Waals surface area contributed by atoms with Gasteiger partial charge in [0.2, 0.25) is 5.91 Å². The molecule has 4 heteroatoms. The van der Waals surface area contributed by atoms with Crippen molar-refractivity contribution in [3.63, 3.8) is 0 Å². The molecule has 142 valence electrons. The molecular weight excluding hydrogens is 322 g/mol. The van der Waals surface area contributed by atoms with E-state index in [1.54, 1.807) is 0 Å². The summed E-state index contributed by atoms with van der Waals surface area (Å²) in [6, 6.07) is 8.62. The first-order chi connectivity index (χ1) is 12.7. The summed E-state index contributed by atoms with van der Waals surface area (Å²) in [5, 5.41) is 3.08. The van der Waals surface area contributed by atoms with Crippen molar-refractivity contribution in [1.82, 2.24) is 10.2 Å². The summed E-state index contributed by atoms with van der Waals surface area (Å²) >= 11 is 0. The molecule has 0 unspecified atom stereocenters. The van der Waals surface area contributed by atoms with Crippen LogP contribution < -0.4 is 10.2 Å². The lowest BCUT2D eigenvalue weighted by molar-refractivity contribution is -0.122. The Morgan fingerprint density at radius 3 is 2.73 bits per heavy atom. The molecule has 1 aliphatic heterocycles. The molecule has 0 radical (unpaired) electrons. The summed E-state index contributed by atoms with van der Waals surface area (Å²) in [7, 11) is 2.03. The molecule has 1 amide bonds. The van der Waals surface area contributed by atoms with Crippen molar-refractivity contribution in [2.24, 2.45) is 0 Å². The molecule has 2 aliphatic rings. The molecule has 4 nitrogen and oxygen atoms in total. The minimum absolute atomic E-state index is 0.127. The molecule has 1 saturated heterocycles. The van der Waals surface area contributed by atoms with E-state index in [9.17, 15) is 4.79 Å². The number of nitrogens with one attached hydrogen (secondary N) is 1. The van der Waals surface area contributed by atoms with E-state index in [0.29, 0.717) is 6.54 Å². The summed E-state index contributed by atoms with van der Waals surface area (Å²) in [5.41, 5.74) is 4.17. The molecule has 0 spiro atoms. The van der Waals surface area contributed by atoms with Crippen LogP contribution in [0, 0.1) is 0 Å². The number of carbonyl (C=O) groups is 1. The zero-order valence-electron chi connectivity index (χ0n) is 16.2. The molecular formula is C22H33N3O. The number of anilines is 1. The molecule has 26 heavy (non-hydrogen) atoms. The standard InChI is InChI=1S/C22H33N3O/c1-24(18-22(26)23-14-13-19-9-3-2-4-10-19)17-20-11-5-6-12-21(20)25-15-7-8-16-25/h5-6,9,11-12H,2-4,7-8,10,13-18H2,1H3,(H,23,26). The van der Waals surface area contributed by atoms with Gasteiger partial charge in [0.15, 0.2) is 0 Å². The summed E-state index contributed by atoms with van der Waals surface area (Å²) in [6.45, 7) is 4.33. The third-order valence-electron chi connectivity index (χ3n) is 5.45. The lowest BCUT2D eigenvalue weighted by Crippen LogP contribution is -2.35. The Hall–Kier alpha value is -1.81. The van der Waals surface area contributed by atoms with Gasteiger partial charge in [0.25, 0.3) is 0 Å². The zero-order valence-corrected chi connectivity index (χ0v) is 16.2. The van der Waals surface area contributed by atoms with E-state index in [1.165, 1.54) is 55.3 Å². The predicted octanol–water partition coefficient (Wildman–Crippen LogP) is 3.73. The van der Waals surface area contributed by atoms with E-state index in [0.717, 1.165) is 32.6 Å². The average Bonchev–Trinajstić information content (AvgIpc) is 3.17. The molecule has 3 rings (SSSR count). The van der Waals surface area contributed by atoms with Gasteiger partial charge in [-0.3, -0.25) is 9.69 Å². The van der Waals surface area contributed by atoms with E-state index in [4.69, 9.17) is 0 Å². The number of allylic oxidation sites excluding steroid dienone is 1. The Labute approximate surface area is 158 Å². The molecule has 1 N–H and O–H groups in total. The molecule has 1 fully saturated rings. The Bertz CT molecular complexity index is 620. The van der Waals surface area contributed by atoms with Crippen molar-refractivity contribution >= 4 is 11.6 Å². The normalized spacial score (nSPS) is 17.5. The van der Waals surface area contributed by atoms with Gasteiger partial charge in [0, 0.05) is 31.9 Å². The third kappa shape index (κ3) is 5.60. The van der Waals surface area contributed by atoms with Crippen LogP contribution in [0.25, 0.3) is 0 Å². The van der Waals surface area contributed by atoms with Crippen molar-refractivity contribution in [3.05, 3.63) is 41.5 Å². The number of likely N-dealkylation sites (N-methyl/N-ethyl adjacent to an activating group) is 1. The molecule has 0 aromatic heterocycles. The van der Waals surface area contributed by atoms with Crippen LogP contribution >= 0.6 is 0 Å². The van der Waals surface area contributed by atoms with Crippen molar-refractivity contribution < 1.29 is 4.79 Å². The number of amides is 1. The van der Waals surface area contributed by atoms with Crippen molar-refractivity contribution in [2.75, 3.05) is 38.1 Å². The number of rotatable bonds is 8. The smallest absolute Gasteiger partial charge is 0.234 e. The first kappa shape index (κ1) is 19.0. The third-order valence-corrected chi connectivity index (χ3v) is 5.45. The monoisotopic (exact) mass is 355 g/mol. The second-order valence-corrected chi connectivity index (χ2v) is 7.70. The van der Waals surface area contributed by atoms with E-state index >= 15 is 0 Å². The van der Waals surface area contributed by atoms with Gasteiger partial charge in [0.05, 0.1) is 6.54 Å². The maximum absolute atomic E-state index is 12.2. The van der Waals surface area contributed by atoms with Crippen LogP contribution in [-0.2, 0) is 11.3 Å². The lowest BCUT2D eigenvalue weighted by atomic mass is 9.97. The Morgan fingerprint density at radius 1 is 1.15 bits per heavy atom. The number of carbonyl (C=O) groups excluding carboxylic acids is 1. The van der Waals surface area contributed by atoms with Gasteiger partial charge in [-0.1, -0.05) is 29.8 Å². The van der Waals surface area contributed by atoms with Crippen LogP contribution in [0.1, 0.15) is 50.5 Å². The fourth-order valence-electron chi connectivity index (χ4n) is 4.05. The van der Waals surface area contributed by atoms with Crippen molar-refractivity contribution in [2.45, 2.75) is 51.5 Å². The quantitative estimate of drug-likeness (QED) is 0.722. The van der Waals surface area contributed by atoms with E-state index < -0.39 is 0 Å². The van der Waals surface area contributed by atoms with Crippen LogP contribution in [-0.4, -0.2) is 44.0 Å². The highest BCUT2D eigenvalue weighted by atomic mass is 16.2. The summed E-state index contributed by atoms with van der Waals surface area (Å²) < 4.78 is 0. The first-order valence-corrected chi connectivity index (χ1v) is 10.2. The summed E-state index contributed by atoms with van der Waals surface area (Å²) in [4.78, 5) is 16.8. The van der Waals surface area contributed by atoms with Gasteiger partial charge < -0.3 is 10.2 Å². The van der Waals surface area contributed by atoms with Crippen LogP contribution in [0.15, 0.2) is 35.9 Å². The van der Waals surface area contributed by atoms with Gasteiger partial charge in [0.1, 0.15) is 0 Å². The topological polar surface area (TPSA) is 35.6 Å². The fraction of sp³-hybridized carbons (Fsp3) is 0.591. The Morgan fingerprint density at radius 2 is 1.96 bits per heavy atom. The van der Waals surface area contributed by atoms with Crippen molar-refractivity contribution in [1.29, 1.82) is 0 Å². The van der Waals surface area contributed by atoms with Gasteiger partial charge in [-0.15, -0.1) is 0 Å². The Balaban J connectivity index is 1.44. The van der Waals surface area contributed by atoms with Crippen LogP contribution in [0.4, 0.5) is 5.69 Å². The van der Waals surface area contributed by atoms with Crippen LogP contribution in [0.5, 0.6) is 0 Å². The van der Waals surface area contributed by atoms with E-state index in [2.05, 4.69) is 45.5 Å². The van der Waals surface area contributed by atoms with Gasteiger partial charge >= 0.3 is 0 Å². The zero-order chi connectivity index (χ0) is 18.2. The molecule has 1 aliphatic carbocycles. The number of hydrogen-bond donors (Lipinski definition) is 1. The number of para-hydroxylation sites is 1. The molecule has 1 aromatic rings. The average molecular weight is 356 g/mol. The SMILES string of the molecule is CN(CC(=O)NCCC1=CCCCC1)Cc1ccccc1N1CCCC1. The van der Waals surface area contributed by atoms with Crippen molar-refractivity contribution in [3.8, 4) is 0 Å². The molecule has 1 aromatic carbocycles. The van der Waals surface area contributed by atoms with Crippen LogP contribution in [0.3, 0.4) is 0 Å². The summed E-state index contributed by atoms with van der Waals surface area (Å²) in [6.07, 6.45) is 11.0. The second-order valence-electron chi connectivity index (χ2n) is 7.70. The van der Waals surface area contributed by atoms with Gasteiger partial charge in [-0.25, -0.2) is 0 Å². The van der Waals surface area contributed by atoms with Crippen LogP contribution in [0.2, 0.25) is 0 Å². The van der Waals surface area contributed by atoms with Gasteiger partial charge in [-0.05, 0) is 63.6 Å². The number of nitrogens with zero attached hydrogens (tertiary/aromatic N) is 2. The first-order valence-electron chi connectivity index (χ1n) is 10.2. The minimum Gasteiger partial charge on any atom is -0.371 e. The second kappa shape index (κ2) is 9.77. The number of benzene rings is 1. The minimum atomic E-state index is 0.127. The summed E-state index contributed by atoms with van der Waals surface area (Å²) in [5.74, 6) is 0.127. The molecule has 0 atom stereocenters. The highest BCUT2D eigenvalue weighted by Gasteiger charge is 2.16. The van der Waals surface area contributed by atoms with E-state index in [-0.39, 0.29) is 5.91 Å². The molecule has 0 bridgehead atoms. The maximum atomic E-state index is 12.2. The lowest BCUT2D eigenvalue weighted by Gasteiger charge is -2.24. The highest BCUT2D eigenvalue weighted by molar-refractivity contribution is 5.78. The number of hydrogen-bond acceptors (Lipinski definition) is 3. The van der Waals surface area contributed by atoms with E-state index in [1.807, 2.05) is 7.05 Å². The van der Waals surface area contributed by atoms with Gasteiger partial charge in [-0.2, -0.15) is 0 Å². The largest absolute Gasteiger partial charge is 0.371 e. The predicted molar refractivity (Wildman–Crippen MR) is 108 cm³/mol. The fourth-order valence-corrected chi connectivity index (χ4v) is 4.05. The highest BCUT2D eigenvalue weighted by Crippen LogP contribution is 2.25. The Kier molecular flexibility index (Phi) is 7.13.